The molecule has 4 aromatic heterocycles. The number of amides is 2. The van der Waals surface area contributed by atoms with E-state index in [1.165, 1.54) is 0 Å². The highest BCUT2D eigenvalue weighted by Crippen LogP contribution is 2.44. The summed E-state index contributed by atoms with van der Waals surface area (Å²) >= 11 is 0. The Morgan fingerprint density at radius 2 is 1.21 bits per heavy atom. The van der Waals surface area contributed by atoms with Crippen LogP contribution in [0.1, 0.15) is 111 Å². The van der Waals surface area contributed by atoms with E-state index in [2.05, 4.69) is 66.9 Å². The molecule has 20 nitrogen and oxygen atoms in total. The number of carbonyl (C=O) groups is 2. The molecule has 366 valence electrons. The molecular formula is C48H70N16O4. The summed E-state index contributed by atoms with van der Waals surface area (Å²) in [7, 11) is 4.30. The highest BCUT2D eigenvalue weighted by atomic mass is 16.5. The van der Waals surface area contributed by atoms with Crippen LogP contribution in [0.3, 0.4) is 0 Å². The molecule has 4 unspecified atom stereocenters. The van der Waals surface area contributed by atoms with Crippen LogP contribution in [0.2, 0.25) is 0 Å². The number of anilines is 6. The van der Waals surface area contributed by atoms with E-state index >= 15 is 0 Å². The molecule has 4 aromatic rings. The van der Waals surface area contributed by atoms with Crippen molar-refractivity contribution in [2.24, 2.45) is 0 Å². The molecule has 4 N–H and O–H groups in total. The van der Waals surface area contributed by atoms with Crippen molar-refractivity contribution in [2.75, 3.05) is 114 Å². The summed E-state index contributed by atoms with van der Waals surface area (Å²) in [6.07, 6.45) is 15.8. The minimum absolute atomic E-state index is 0.0276. The molecule has 2 aliphatic carbocycles. The SMILES string of the molecule is Cc1nn(C2CCN(C)C2)cc1Nc1ncc(C2CC2)c(NCCCN2CC(C3OCCCN(CCCNc4nc(Nc5cn(C6CCN(C)C6)nc5C)ncc4C4CC4)C3=O)OCCC2=O)n1. The minimum Gasteiger partial charge on any atom is -0.373 e. The maximum Gasteiger partial charge on any atom is 0.254 e. The number of ether oxygens (including phenoxy) is 2. The first-order valence-corrected chi connectivity index (χ1v) is 25.2. The Kier molecular flexibility index (Phi) is 14.1. The topological polar surface area (TPSA) is 201 Å². The summed E-state index contributed by atoms with van der Waals surface area (Å²) in [5.74, 6) is 3.61. The van der Waals surface area contributed by atoms with Crippen molar-refractivity contribution in [1.82, 2.24) is 59.1 Å². The Hall–Kier alpha value is -5.44. The average molecular weight is 935 g/mol. The van der Waals surface area contributed by atoms with Gasteiger partial charge in [-0.3, -0.25) is 19.0 Å². The molecule has 0 spiro atoms. The van der Waals surface area contributed by atoms with Crippen molar-refractivity contribution >= 4 is 46.7 Å². The van der Waals surface area contributed by atoms with E-state index in [0.717, 1.165) is 123 Å². The Balaban J connectivity index is 0.715. The predicted molar refractivity (Wildman–Crippen MR) is 259 cm³/mol. The molecule has 0 aromatic carbocycles. The van der Waals surface area contributed by atoms with Crippen LogP contribution in [-0.4, -0.2) is 176 Å². The molecule has 2 saturated carbocycles. The molecule has 4 atom stereocenters. The predicted octanol–water partition coefficient (Wildman–Crippen LogP) is 4.81. The number of likely N-dealkylation sites (tertiary alicyclic amines) is 2. The number of carbonyl (C=O) groups excluding carboxylic acids is 2. The van der Waals surface area contributed by atoms with Gasteiger partial charge in [-0.2, -0.15) is 20.2 Å². The van der Waals surface area contributed by atoms with Gasteiger partial charge in [0.05, 0.1) is 47.9 Å². The quantitative estimate of drug-likeness (QED) is 0.0933. The lowest BCUT2D eigenvalue weighted by atomic mass is 10.1. The highest BCUT2D eigenvalue weighted by Gasteiger charge is 2.39. The van der Waals surface area contributed by atoms with Gasteiger partial charge in [0, 0.05) is 94.9 Å². The first kappa shape index (κ1) is 46.3. The molecule has 4 aliphatic heterocycles. The standard InChI is InChI=1S/C48H70N16O4/c1-31-39(28-63(57-31)35-12-20-59(3)26-35)53-47-51-24-37(33-8-9-33)44(55-47)49-15-5-17-61-19-7-22-68-43(46(61)66)41-30-62(42(65)14-23-67-41)18-6-16-50-45-38(34-10-11-34)25-52-48(56-45)54-40-29-64(58-32(40)2)36-13-21-60(4)27-36/h24-25,28-29,33-36,41,43H,5-23,26-27,30H2,1-4H3,(H2,49,51,53,55)(H2,50,52,54,56). The van der Waals surface area contributed by atoms with Gasteiger partial charge in [0.1, 0.15) is 17.7 Å². The summed E-state index contributed by atoms with van der Waals surface area (Å²) in [4.78, 5) is 55.3. The average Bonchev–Trinajstić information content (AvgIpc) is 4.23. The summed E-state index contributed by atoms with van der Waals surface area (Å²) in [6.45, 7) is 12.1. The van der Waals surface area contributed by atoms with Crippen molar-refractivity contribution in [3.8, 4) is 0 Å². The van der Waals surface area contributed by atoms with E-state index in [0.29, 0.717) is 88.1 Å². The highest BCUT2D eigenvalue weighted by molar-refractivity contribution is 5.82. The van der Waals surface area contributed by atoms with Crippen molar-refractivity contribution < 1.29 is 19.1 Å². The van der Waals surface area contributed by atoms with Crippen LogP contribution in [0.5, 0.6) is 0 Å². The van der Waals surface area contributed by atoms with Crippen molar-refractivity contribution in [1.29, 1.82) is 0 Å². The van der Waals surface area contributed by atoms with Crippen molar-refractivity contribution in [3.05, 3.63) is 47.3 Å². The minimum atomic E-state index is -0.778. The fourth-order valence-corrected chi connectivity index (χ4v) is 10.1. The van der Waals surface area contributed by atoms with Gasteiger partial charge in [-0.25, -0.2) is 9.97 Å². The number of rotatable bonds is 19. The van der Waals surface area contributed by atoms with Crippen LogP contribution in [0.4, 0.5) is 34.9 Å². The second kappa shape index (κ2) is 20.7. The van der Waals surface area contributed by atoms with Crippen LogP contribution in [0.25, 0.3) is 0 Å². The summed E-state index contributed by atoms with van der Waals surface area (Å²) in [5.41, 5.74) is 5.91. The van der Waals surface area contributed by atoms with Gasteiger partial charge < -0.3 is 50.3 Å². The lowest BCUT2D eigenvalue weighted by molar-refractivity contribution is -0.152. The summed E-state index contributed by atoms with van der Waals surface area (Å²) in [6, 6.07) is 0.732. The Bertz CT molecular complexity index is 2400. The third kappa shape index (κ3) is 11.0. The van der Waals surface area contributed by atoms with Crippen LogP contribution < -0.4 is 21.3 Å². The van der Waals surface area contributed by atoms with E-state index in [-0.39, 0.29) is 24.8 Å². The molecule has 20 heteroatoms. The Morgan fingerprint density at radius 3 is 1.72 bits per heavy atom. The maximum atomic E-state index is 14.2. The number of hydrogen-bond donors (Lipinski definition) is 4. The number of aromatic nitrogens is 8. The molecule has 10 rings (SSSR count). The van der Waals surface area contributed by atoms with E-state index in [1.807, 2.05) is 36.0 Å². The van der Waals surface area contributed by atoms with Gasteiger partial charge in [0.25, 0.3) is 5.91 Å². The third-order valence-corrected chi connectivity index (χ3v) is 14.4. The van der Waals surface area contributed by atoms with Crippen LogP contribution >= 0.6 is 0 Å². The van der Waals surface area contributed by atoms with Gasteiger partial charge in [-0.05, 0) is 111 Å². The van der Waals surface area contributed by atoms with Crippen molar-refractivity contribution in [2.45, 2.75) is 114 Å². The first-order chi connectivity index (χ1) is 33.1. The van der Waals surface area contributed by atoms with Crippen LogP contribution in [-0.2, 0) is 19.1 Å². The van der Waals surface area contributed by atoms with E-state index in [9.17, 15) is 9.59 Å². The zero-order valence-electron chi connectivity index (χ0n) is 40.3. The number of hydrogen-bond acceptors (Lipinski definition) is 16. The van der Waals surface area contributed by atoms with Crippen LogP contribution in [0, 0.1) is 13.8 Å². The number of likely N-dealkylation sites (N-methyl/N-ethyl adjacent to an activating group) is 2. The van der Waals surface area contributed by atoms with Crippen molar-refractivity contribution in [3.63, 3.8) is 0 Å². The fourth-order valence-electron chi connectivity index (χ4n) is 10.1. The lowest BCUT2D eigenvalue weighted by Gasteiger charge is -2.31. The van der Waals surface area contributed by atoms with Crippen LogP contribution in [0.15, 0.2) is 24.8 Å². The number of nitrogens with zero attached hydrogens (tertiary/aromatic N) is 12. The fraction of sp³-hybridized carbons (Fsp3) is 0.667. The number of nitrogens with one attached hydrogen (secondary N) is 4. The zero-order valence-corrected chi connectivity index (χ0v) is 40.3. The maximum absolute atomic E-state index is 14.2. The monoisotopic (exact) mass is 935 g/mol. The largest absolute Gasteiger partial charge is 0.373 e. The van der Waals surface area contributed by atoms with Gasteiger partial charge in [0.15, 0.2) is 6.10 Å². The number of aryl methyl sites for hydroxylation is 2. The molecule has 2 amide bonds. The molecule has 0 radical (unpaired) electrons. The lowest BCUT2D eigenvalue weighted by Crippen LogP contribution is -2.50. The summed E-state index contributed by atoms with van der Waals surface area (Å²) < 4.78 is 16.6. The second-order valence-electron chi connectivity index (χ2n) is 19.9. The Labute approximate surface area is 399 Å². The van der Waals surface area contributed by atoms with E-state index in [1.54, 1.807) is 0 Å². The van der Waals surface area contributed by atoms with Gasteiger partial charge in [-0.1, -0.05) is 0 Å². The first-order valence-electron chi connectivity index (χ1n) is 25.2. The Morgan fingerprint density at radius 1 is 0.662 bits per heavy atom. The van der Waals surface area contributed by atoms with E-state index < -0.39 is 12.2 Å². The van der Waals surface area contributed by atoms with Gasteiger partial charge in [0.2, 0.25) is 17.8 Å². The zero-order chi connectivity index (χ0) is 46.7. The smallest absolute Gasteiger partial charge is 0.254 e. The normalized spacial score (nSPS) is 24.1. The molecule has 6 fully saturated rings. The molecular weight excluding hydrogens is 865 g/mol. The molecule has 6 aliphatic rings. The second-order valence-corrected chi connectivity index (χ2v) is 19.9. The third-order valence-electron chi connectivity index (χ3n) is 14.4. The molecule has 4 saturated heterocycles. The molecule has 68 heavy (non-hydrogen) atoms. The van der Waals surface area contributed by atoms with E-state index in [4.69, 9.17) is 39.6 Å². The molecule has 0 bridgehead atoms. The van der Waals surface area contributed by atoms with Gasteiger partial charge >= 0.3 is 0 Å². The summed E-state index contributed by atoms with van der Waals surface area (Å²) in [5, 5.41) is 23.6. The van der Waals surface area contributed by atoms with Gasteiger partial charge in [-0.15, -0.1) is 0 Å². The molecule has 8 heterocycles.